The molecule has 0 aromatic heterocycles. The lowest BCUT2D eigenvalue weighted by molar-refractivity contribution is -0.137. The van der Waals surface area contributed by atoms with E-state index in [0.717, 1.165) is 12.8 Å². The Balaban J connectivity index is 2.21. The van der Waals surface area contributed by atoms with Gasteiger partial charge in [0.05, 0.1) is 6.10 Å². The van der Waals surface area contributed by atoms with Crippen molar-refractivity contribution in [3.63, 3.8) is 0 Å². The van der Waals surface area contributed by atoms with E-state index in [1.807, 2.05) is 0 Å². The molecule has 2 unspecified atom stereocenters. The Hall–Kier alpha value is -1.74. The predicted molar refractivity (Wildman–Crippen MR) is 65.0 cm³/mol. The van der Waals surface area contributed by atoms with Crippen molar-refractivity contribution in [2.45, 2.75) is 37.8 Å². The maximum atomic E-state index is 11.5. The summed E-state index contributed by atoms with van der Waals surface area (Å²) < 4.78 is 5.40. The van der Waals surface area contributed by atoms with Crippen LogP contribution in [0.15, 0.2) is 0 Å². The van der Waals surface area contributed by atoms with Gasteiger partial charge in [0.25, 0.3) is 0 Å². The molecule has 0 saturated carbocycles. The number of carboxylic acid groups (broad SMARTS) is 1. The standard InChI is InChI=1S/C12H18N2O4/c1-2-9(10-5-4-8-18-10)14-12(17)13-7-3-6-11(15)16/h1,9-10H,3-8H2,(H,15,16)(H2,13,14,17). The molecule has 1 rings (SSSR count). The SMILES string of the molecule is C#CC(NC(=O)NCCCC(=O)O)C1CCCO1. The van der Waals surface area contributed by atoms with Gasteiger partial charge in [-0.2, -0.15) is 0 Å². The number of terminal acetylenes is 1. The van der Waals surface area contributed by atoms with Crippen LogP contribution in [0.4, 0.5) is 4.79 Å². The van der Waals surface area contributed by atoms with Crippen LogP contribution < -0.4 is 10.6 Å². The van der Waals surface area contributed by atoms with Gasteiger partial charge in [-0.05, 0) is 19.3 Å². The number of urea groups is 1. The van der Waals surface area contributed by atoms with Gasteiger partial charge in [0, 0.05) is 19.6 Å². The molecule has 3 N–H and O–H groups in total. The van der Waals surface area contributed by atoms with E-state index in [0.29, 0.717) is 19.6 Å². The summed E-state index contributed by atoms with van der Waals surface area (Å²) >= 11 is 0. The van der Waals surface area contributed by atoms with E-state index in [-0.39, 0.29) is 18.6 Å². The summed E-state index contributed by atoms with van der Waals surface area (Å²) in [7, 11) is 0. The third-order valence-electron chi connectivity index (χ3n) is 2.66. The number of nitrogens with one attached hydrogen (secondary N) is 2. The van der Waals surface area contributed by atoms with Crippen molar-refractivity contribution in [2.24, 2.45) is 0 Å². The summed E-state index contributed by atoms with van der Waals surface area (Å²) in [6.07, 6.45) is 7.44. The van der Waals surface area contributed by atoms with Crippen LogP contribution in [0.1, 0.15) is 25.7 Å². The van der Waals surface area contributed by atoms with Crippen molar-refractivity contribution in [2.75, 3.05) is 13.2 Å². The first-order chi connectivity index (χ1) is 8.63. The first-order valence-electron chi connectivity index (χ1n) is 5.97. The van der Waals surface area contributed by atoms with E-state index in [2.05, 4.69) is 16.6 Å². The molecule has 1 saturated heterocycles. The Labute approximate surface area is 106 Å². The highest BCUT2D eigenvalue weighted by molar-refractivity contribution is 5.74. The van der Waals surface area contributed by atoms with E-state index in [4.69, 9.17) is 16.3 Å². The smallest absolute Gasteiger partial charge is 0.315 e. The number of hydrogen-bond acceptors (Lipinski definition) is 3. The average molecular weight is 254 g/mol. The summed E-state index contributed by atoms with van der Waals surface area (Å²) in [6.45, 7) is 0.978. The first kappa shape index (κ1) is 14.3. The van der Waals surface area contributed by atoms with Crippen molar-refractivity contribution >= 4 is 12.0 Å². The van der Waals surface area contributed by atoms with Crippen molar-refractivity contribution in [1.82, 2.24) is 10.6 Å². The molecule has 1 heterocycles. The normalized spacial score (nSPS) is 19.8. The van der Waals surface area contributed by atoms with Crippen LogP contribution in [0.5, 0.6) is 0 Å². The fourth-order valence-corrected chi connectivity index (χ4v) is 1.74. The Morgan fingerprint density at radius 1 is 1.56 bits per heavy atom. The number of aliphatic carboxylic acids is 1. The van der Waals surface area contributed by atoms with Gasteiger partial charge < -0.3 is 20.5 Å². The minimum atomic E-state index is -0.877. The Bertz CT molecular complexity index is 331. The highest BCUT2D eigenvalue weighted by Crippen LogP contribution is 2.15. The zero-order valence-corrected chi connectivity index (χ0v) is 10.1. The van der Waals surface area contributed by atoms with E-state index in [1.54, 1.807) is 0 Å². The topological polar surface area (TPSA) is 87.7 Å². The van der Waals surface area contributed by atoms with Crippen LogP contribution >= 0.6 is 0 Å². The second-order valence-electron chi connectivity index (χ2n) is 4.09. The van der Waals surface area contributed by atoms with Crippen LogP contribution in [0.2, 0.25) is 0 Å². The lowest BCUT2D eigenvalue weighted by Crippen LogP contribution is -2.47. The summed E-state index contributed by atoms with van der Waals surface area (Å²) in [5.74, 6) is 1.62. The van der Waals surface area contributed by atoms with Gasteiger partial charge in [0.15, 0.2) is 0 Å². The second kappa shape index (κ2) is 7.56. The number of rotatable bonds is 6. The molecule has 1 aliphatic heterocycles. The maximum absolute atomic E-state index is 11.5. The average Bonchev–Trinajstić information content (AvgIpc) is 2.85. The number of hydrogen-bond donors (Lipinski definition) is 3. The molecule has 100 valence electrons. The molecular formula is C12H18N2O4. The summed E-state index contributed by atoms with van der Waals surface area (Å²) in [5.41, 5.74) is 0. The molecular weight excluding hydrogens is 236 g/mol. The highest BCUT2D eigenvalue weighted by Gasteiger charge is 2.25. The Morgan fingerprint density at radius 3 is 2.89 bits per heavy atom. The highest BCUT2D eigenvalue weighted by atomic mass is 16.5. The number of ether oxygens (including phenoxy) is 1. The van der Waals surface area contributed by atoms with Gasteiger partial charge in [-0.1, -0.05) is 5.92 Å². The number of carboxylic acids is 1. The van der Waals surface area contributed by atoms with Gasteiger partial charge in [-0.25, -0.2) is 4.79 Å². The molecule has 0 aromatic carbocycles. The second-order valence-corrected chi connectivity index (χ2v) is 4.09. The van der Waals surface area contributed by atoms with Crippen molar-refractivity contribution in [3.05, 3.63) is 0 Å². The molecule has 0 spiro atoms. The zero-order chi connectivity index (χ0) is 13.4. The molecule has 0 aliphatic carbocycles. The molecule has 2 atom stereocenters. The maximum Gasteiger partial charge on any atom is 0.315 e. The summed E-state index contributed by atoms with van der Waals surface area (Å²) in [6, 6.07) is -0.828. The minimum Gasteiger partial charge on any atom is -0.481 e. The summed E-state index contributed by atoms with van der Waals surface area (Å²) in [4.78, 5) is 21.8. The van der Waals surface area contributed by atoms with Crippen LogP contribution in [0.25, 0.3) is 0 Å². The largest absolute Gasteiger partial charge is 0.481 e. The van der Waals surface area contributed by atoms with Crippen LogP contribution in [-0.4, -0.2) is 42.4 Å². The Morgan fingerprint density at radius 2 is 2.33 bits per heavy atom. The zero-order valence-electron chi connectivity index (χ0n) is 10.1. The van der Waals surface area contributed by atoms with Crippen molar-refractivity contribution < 1.29 is 19.4 Å². The van der Waals surface area contributed by atoms with E-state index in [9.17, 15) is 9.59 Å². The molecule has 0 bridgehead atoms. The quantitative estimate of drug-likeness (QED) is 0.471. The third kappa shape index (κ3) is 5.06. The molecule has 6 heteroatoms. The van der Waals surface area contributed by atoms with Gasteiger partial charge in [-0.3, -0.25) is 4.79 Å². The summed E-state index contributed by atoms with van der Waals surface area (Å²) in [5, 5.41) is 13.6. The third-order valence-corrected chi connectivity index (χ3v) is 2.66. The van der Waals surface area contributed by atoms with Crippen LogP contribution in [-0.2, 0) is 9.53 Å². The molecule has 18 heavy (non-hydrogen) atoms. The molecule has 1 aliphatic rings. The lowest BCUT2D eigenvalue weighted by atomic mass is 10.1. The van der Waals surface area contributed by atoms with Gasteiger partial charge in [-0.15, -0.1) is 6.42 Å². The molecule has 0 aromatic rings. The van der Waals surface area contributed by atoms with E-state index in [1.165, 1.54) is 0 Å². The number of carbonyl (C=O) groups is 2. The van der Waals surface area contributed by atoms with Gasteiger partial charge >= 0.3 is 12.0 Å². The number of amides is 2. The monoisotopic (exact) mass is 254 g/mol. The van der Waals surface area contributed by atoms with Crippen molar-refractivity contribution in [3.8, 4) is 12.3 Å². The lowest BCUT2D eigenvalue weighted by Gasteiger charge is -2.19. The van der Waals surface area contributed by atoms with Crippen LogP contribution in [0, 0.1) is 12.3 Å². The van der Waals surface area contributed by atoms with Crippen LogP contribution in [0.3, 0.4) is 0 Å². The fraction of sp³-hybridized carbons (Fsp3) is 0.667. The molecule has 0 radical (unpaired) electrons. The van der Waals surface area contributed by atoms with Crippen molar-refractivity contribution in [1.29, 1.82) is 0 Å². The minimum absolute atomic E-state index is 0.0323. The van der Waals surface area contributed by atoms with E-state index < -0.39 is 12.0 Å². The predicted octanol–water partition coefficient (Wildman–Crippen LogP) is 0.331. The fourth-order valence-electron chi connectivity index (χ4n) is 1.74. The molecule has 1 fully saturated rings. The number of carbonyl (C=O) groups excluding carboxylic acids is 1. The first-order valence-corrected chi connectivity index (χ1v) is 5.97. The molecule has 2 amide bonds. The van der Waals surface area contributed by atoms with Gasteiger partial charge in [0.1, 0.15) is 6.04 Å². The Kier molecular flexibility index (Phi) is 6.01. The van der Waals surface area contributed by atoms with E-state index >= 15 is 0 Å². The van der Waals surface area contributed by atoms with Gasteiger partial charge in [0.2, 0.25) is 0 Å². The molecule has 6 nitrogen and oxygen atoms in total.